The van der Waals surface area contributed by atoms with Gasteiger partial charge in [-0.25, -0.2) is 9.59 Å². The normalized spacial score (nSPS) is 54.9. The molecule has 2 saturated carbocycles. The Morgan fingerprint density at radius 2 is 1.80 bits per heavy atom. The molecule has 0 aromatic carbocycles. The van der Waals surface area contributed by atoms with Gasteiger partial charge in [-0.1, -0.05) is 32.9 Å². The molecule has 44 heavy (non-hydrogen) atoms. The van der Waals surface area contributed by atoms with Crippen LogP contribution in [0.4, 0.5) is 0 Å². The largest absolute Gasteiger partial charge is 0.456 e. The van der Waals surface area contributed by atoms with Gasteiger partial charge in [0.15, 0.2) is 12.1 Å². The second-order valence-electron chi connectivity index (χ2n) is 14.5. The van der Waals surface area contributed by atoms with Crippen molar-refractivity contribution >= 4 is 18.2 Å². The fraction of sp³-hybridized carbons (Fsp3) is 0.727. The zero-order valence-electron chi connectivity index (χ0n) is 26.4. The molecule has 14 atom stereocenters. The summed E-state index contributed by atoms with van der Waals surface area (Å²) in [7, 11) is 2.96. The van der Waals surface area contributed by atoms with Crippen molar-refractivity contribution in [2.24, 2.45) is 39.4 Å². The molecule has 0 aromatic heterocycles. The summed E-state index contributed by atoms with van der Waals surface area (Å²) in [5, 5.41) is 12.3. The number of rotatable bonds is 7. The summed E-state index contributed by atoms with van der Waals surface area (Å²) in [6.45, 7) is 11.6. The van der Waals surface area contributed by atoms with Gasteiger partial charge in [-0.3, -0.25) is 0 Å². The zero-order valence-corrected chi connectivity index (χ0v) is 26.4. The van der Waals surface area contributed by atoms with Crippen LogP contribution in [-0.2, 0) is 47.5 Å². The molecule has 3 aliphatic carbocycles. The van der Waals surface area contributed by atoms with E-state index in [0.29, 0.717) is 24.2 Å². The first-order valence-electron chi connectivity index (χ1n) is 15.4. The molecule has 0 spiro atoms. The van der Waals surface area contributed by atoms with E-state index in [4.69, 9.17) is 33.2 Å². The number of aldehydes is 1. The minimum absolute atomic E-state index is 0.337. The highest BCUT2D eigenvalue weighted by molar-refractivity contribution is 5.93. The van der Waals surface area contributed by atoms with E-state index in [-0.39, 0.29) is 5.92 Å². The van der Waals surface area contributed by atoms with Crippen LogP contribution < -0.4 is 0 Å². The van der Waals surface area contributed by atoms with Crippen LogP contribution in [-0.4, -0.2) is 86.4 Å². The van der Waals surface area contributed by atoms with E-state index in [0.717, 1.165) is 6.29 Å². The van der Waals surface area contributed by atoms with Crippen molar-refractivity contribution in [2.45, 2.75) is 90.2 Å². The summed E-state index contributed by atoms with van der Waals surface area (Å²) in [6, 6.07) is 0. The Labute approximate surface area is 256 Å². The second kappa shape index (κ2) is 9.11. The fourth-order valence-corrected chi connectivity index (χ4v) is 10.7. The third kappa shape index (κ3) is 3.16. The monoisotopic (exact) mass is 614 g/mol. The number of allylic oxidation sites excluding steroid dienone is 1. The van der Waals surface area contributed by atoms with Crippen LogP contribution in [0.1, 0.15) is 48.0 Å². The number of esters is 2. The number of cyclic esters (lactones) is 1. The summed E-state index contributed by atoms with van der Waals surface area (Å²) in [5.41, 5.74) is -4.48. The molecule has 0 bridgehead atoms. The van der Waals surface area contributed by atoms with Crippen molar-refractivity contribution in [1.82, 2.24) is 0 Å². The average molecular weight is 615 g/mol. The first-order valence-corrected chi connectivity index (χ1v) is 15.4. The van der Waals surface area contributed by atoms with Crippen LogP contribution >= 0.6 is 0 Å². The molecule has 1 N–H and O–H groups in total. The number of carbonyl (C=O) groups excluding carboxylic acids is 3. The molecule has 0 radical (unpaired) electrons. The van der Waals surface area contributed by atoms with Crippen molar-refractivity contribution in [3.8, 4) is 0 Å². The Kier molecular flexibility index (Phi) is 6.26. The van der Waals surface area contributed by atoms with E-state index < -0.39 is 87.7 Å². The number of carbonyl (C=O) groups is 3. The number of epoxide rings is 1. The van der Waals surface area contributed by atoms with E-state index in [2.05, 4.69) is 6.92 Å². The molecule has 7 rings (SSSR count). The van der Waals surface area contributed by atoms with Crippen LogP contribution in [0.25, 0.3) is 0 Å². The smallest absolute Gasteiger partial charge is 0.336 e. The fourth-order valence-electron chi connectivity index (χ4n) is 10.7. The highest BCUT2D eigenvalue weighted by Crippen LogP contribution is 2.81. The number of hydrogen-bond acceptors (Lipinski definition) is 11. The summed E-state index contributed by atoms with van der Waals surface area (Å²) < 4.78 is 42.8. The number of aliphatic hydroxyl groups is 1. The average Bonchev–Trinajstić information content (AvgIpc) is 3.18. The Morgan fingerprint density at radius 3 is 2.41 bits per heavy atom. The SMILES string of the molecule is C/C=C(/C)C(=O)O[C@@H]1[C@@H]2OC[C@]3(C)C=C[C@]4(O)O[C@@H](OC)[C@H]([C@]1(C)[C@@]15O[C@@H]1C[C@@H](C1=CC(OC)OC1=O)[C@]5(C)C=O)[C@]4(C)[C@H]23. The van der Waals surface area contributed by atoms with E-state index in [9.17, 15) is 19.5 Å². The molecular formula is C33H42O11. The molecule has 11 heteroatoms. The number of methoxy groups -OCH3 is 2. The van der Waals surface area contributed by atoms with Gasteiger partial charge in [0.05, 0.1) is 24.2 Å². The Bertz CT molecular complexity index is 1420. The van der Waals surface area contributed by atoms with Crippen LogP contribution in [0, 0.1) is 39.4 Å². The summed E-state index contributed by atoms with van der Waals surface area (Å²) in [5.74, 6) is -4.33. The molecule has 4 aliphatic heterocycles. The van der Waals surface area contributed by atoms with Gasteiger partial charge in [-0.15, -0.1) is 0 Å². The minimum atomic E-state index is -1.73. The standard InChI is InChI=1S/C33H42O11/c1-9-16(2)25(35)42-24-21-22-28(3,15-40-21)10-11-32(37)30(22,5)23(27(39-8)44-32)31(24,6)33-19(43-33)13-18(29(33,4)14-34)17-12-20(38-7)41-26(17)36/h9-12,14,18-24,27,37H,13,15H2,1-8H3/b16-9-/t18-,19+,20?,21+,22+,23-,24+,27+,28-,29-,30-,31-,32-,33+/m0/s1. The molecule has 3 saturated heterocycles. The van der Waals surface area contributed by atoms with Crippen LogP contribution in [0.15, 0.2) is 35.5 Å². The van der Waals surface area contributed by atoms with Gasteiger partial charge in [-0.05, 0) is 39.3 Å². The van der Waals surface area contributed by atoms with Crippen molar-refractivity contribution in [1.29, 1.82) is 0 Å². The van der Waals surface area contributed by atoms with E-state index in [1.807, 2.05) is 19.9 Å². The maximum atomic E-state index is 13.6. The first kappa shape index (κ1) is 30.3. The van der Waals surface area contributed by atoms with Gasteiger partial charge in [0.2, 0.25) is 6.29 Å². The Balaban J connectivity index is 1.46. The third-order valence-electron chi connectivity index (χ3n) is 12.8. The predicted molar refractivity (Wildman–Crippen MR) is 151 cm³/mol. The molecule has 4 heterocycles. The number of hydrogen-bond donors (Lipinski definition) is 1. The van der Waals surface area contributed by atoms with Crippen LogP contribution in [0.2, 0.25) is 0 Å². The van der Waals surface area contributed by atoms with Crippen molar-refractivity contribution in [2.75, 3.05) is 20.8 Å². The van der Waals surface area contributed by atoms with Crippen molar-refractivity contribution in [3.05, 3.63) is 35.5 Å². The Morgan fingerprint density at radius 1 is 1.07 bits per heavy atom. The molecule has 1 unspecified atom stereocenters. The summed E-state index contributed by atoms with van der Waals surface area (Å²) >= 11 is 0. The lowest BCUT2D eigenvalue weighted by atomic mass is 9.39. The Hall–Kier alpha value is -2.41. The minimum Gasteiger partial charge on any atom is -0.456 e. The third-order valence-corrected chi connectivity index (χ3v) is 12.8. The zero-order chi connectivity index (χ0) is 31.8. The summed E-state index contributed by atoms with van der Waals surface area (Å²) in [4.78, 5) is 40.2. The van der Waals surface area contributed by atoms with E-state index in [1.165, 1.54) is 14.2 Å². The molecular weight excluding hydrogens is 572 g/mol. The molecule has 5 fully saturated rings. The van der Waals surface area contributed by atoms with E-state index in [1.54, 1.807) is 39.0 Å². The second-order valence-corrected chi connectivity index (χ2v) is 14.5. The van der Waals surface area contributed by atoms with Crippen LogP contribution in [0.5, 0.6) is 0 Å². The van der Waals surface area contributed by atoms with Gasteiger partial charge in [0.1, 0.15) is 18.0 Å². The highest BCUT2D eigenvalue weighted by Gasteiger charge is 2.91. The lowest BCUT2D eigenvalue weighted by molar-refractivity contribution is -0.273. The van der Waals surface area contributed by atoms with Gasteiger partial charge in [0, 0.05) is 59.4 Å². The predicted octanol–water partition coefficient (Wildman–Crippen LogP) is 2.61. The van der Waals surface area contributed by atoms with Crippen LogP contribution in [0.3, 0.4) is 0 Å². The summed E-state index contributed by atoms with van der Waals surface area (Å²) in [6.07, 6.45) is 4.28. The van der Waals surface area contributed by atoms with Crippen molar-refractivity contribution in [3.63, 3.8) is 0 Å². The topological polar surface area (TPSA) is 139 Å². The number of fused-ring (bicyclic) bond motifs is 1. The molecule has 0 aromatic rings. The maximum absolute atomic E-state index is 13.6. The molecule has 11 nitrogen and oxygen atoms in total. The maximum Gasteiger partial charge on any atom is 0.336 e. The van der Waals surface area contributed by atoms with Gasteiger partial charge in [0.25, 0.3) is 0 Å². The van der Waals surface area contributed by atoms with Gasteiger partial charge in [-0.2, -0.15) is 0 Å². The lowest BCUT2D eigenvalue weighted by Gasteiger charge is -2.64. The van der Waals surface area contributed by atoms with Gasteiger partial charge < -0.3 is 43.1 Å². The number of ether oxygens (including phenoxy) is 7. The molecule has 240 valence electrons. The highest BCUT2D eigenvalue weighted by atomic mass is 16.7. The van der Waals surface area contributed by atoms with Crippen molar-refractivity contribution < 1.29 is 52.6 Å². The van der Waals surface area contributed by atoms with E-state index >= 15 is 0 Å². The first-order chi connectivity index (χ1) is 20.7. The lowest BCUT2D eigenvalue weighted by Crippen LogP contribution is -2.74. The van der Waals surface area contributed by atoms with Gasteiger partial charge >= 0.3 is 11.9 Å². The quantitative estimate of drug-likeness (QED) is 0.149. The molecule has 0 amide bonds. The molecule has 7 aliphatic rings.